The molecule has 1 fully saturated rings. The van der Waals surface area contributed by atoms with Gasteiger partial charge in [0.25, 0.3) is 0 Å². The van der Waals surface area contributed by atoms with E-state index in [0.717, 1.165) is 6.07 Å². The van der Waals surface area contributed by atoms with Crippen molar-refractivity contribution in [2.24, 2.45) is 0 Å². The summed E-state index contributed by atoms with van der Waals surface area (Å²) >= 11 is 0. The first-order valence-corrected chi connectivity index (χ1v) is 7.79. The second-order valence-corrected chi connectivity index (χ2v) is 6.77. The predicted octanol–water partition coefficient (Wildman–Crippen LogP) is 0.938. The van der Waals surface area contributed by atoms with Gasteiger partial charge in [0.1, 0.15) is 5.82 Å². The van der Waals surface area contributed by atoms with Crippen molar-refractivity contribution < 1.29 is 17.5 Å². The number of benzene rings is 1. The van der Waals surface area contributed by atoms with Crippen LogP contribution in [-0.2, 0) is 14.8 Å². The molecule has 0 saturated carbocycles. The maximum atomic E-state index is 13.6. The van der Waals surface area contributed by atoms with E-state index in [1.807, 2.05) is 6.07 Å². The summed E-state index contributed by atoms with van der Waals surface area (Å²) in [5, 5.41) is 8.87. The van der Waals surface area contributed by atoms with Gasteiger partial charge in [0.05, 0.1) is 29.8 Å². The number of anilines is 1. The molecule has 1 saturated heterocycles. The van der Waals surface area contributed by atoms with E-state index in [-0.39, 0.29) is 35.8 Å². The van der Waals surface area contributed by atoms with Crippen LogP contribution < -0.4 is 5.73 Å². The van der Waals surface area contributed by atoms with Gasteiger partial charge in [0.2, 0.25) is 10.0 Å². The zero-order chi connectivity index (χ0) is 15.8. The second kappa shape index (κ2) is 5.60. The second-order valence-electron chi connectivity index (χ2n) is 4.89. The number of hydrogen-bond donors (Lipinski definition) is 1. The summed E-state index contributed by atoms with van der Waals surface area (Å²) in [5.41, 5.74) is 5.90. The van der Waals surface area contributed by atoms with Gasteiger partial charge in [0.15, 0.2) is 6.10 Å². The molecule has 1 aromatic rings. The first-order chi connectivity index (χ1) is 9.78. The van der Waals surface area contributed by atoms with Crippen LogP contribution in [0.5, 0.6) is 0 Å². The number of sulfonamides is 1. The minimum atomic E-state index is -3.85. The smallest absolute Gasteiger partial charge is 0.243 e. The molecule has 0 radical (unpaired) electrons. The van der Waals surface area contributed by atoms with Gasteiger partial charge < -0.3 is 10.5 Å². The number of nitriles is 1. The number of ether oxygens (including phenoxy) is 1. The van der Waals surface area contributed by atoms with Crippen LogP contribution in [0.2, 0.25) is 0 Å². The molecule has 1 atom stereocenters. The molecular formula is C13H16FN3O3S. The van der Waals surface area contributed by atoms with Gasteiger partial charge in [-0.3, -0.25) is 0 Å². The van der Waals surface area contributed by atoms with Crippen molar-refractivity contribution in [3.63, 3.8) is 0 Å². The zero-order valence-corrected chi connectivity index (χ0v) is 12.6. The normalized spacial score (nSPS) is 20.2. The molecule has 0 spiro atoms. The fourth-order valence-corrected chi connectivity index (χ4v) is 4.25. The quantitative estimate of drug-likeness (QED) is 0.820. The molecule has 0 amide bonds. The number of morpholine rings is 1. The van der Waals surface area contributed by atoms with Crippen molar-refractivity contribution >= 4 is 15.7 Å². The lowest BCUT2D eigenvalue weighted by Gasteiger charge is -2.30. The van der Waals surface area contributed by atoms with Crippen LogP contribution in [-0.4, -0.2) is 38.5 Å². The van der Waals surface area contributed by atoms with E-state index in [2.05, 4.69) is 0 Å². The molecule has 1 heterocycles. The number of nitrogens with zero attached hydrogens (tertiary/aromatic N) is 2. The van der Waals surface area contributed by atoms with E-state index in [0.29, 0.717) is 5.56 Å². The van der Waals surface area contributed by atoms with E-state index in [1.54, 1.807) is 0 Å². The standard InChI is InChI=1S/C13H16FN3O3S/c1-8-5-11(14)12(16)9(2)13(8)21(18,19)17-3-4-20-10(6-15)7-17/h5,10H,3-4,7,16H2,1-2H3. The monoisotopic (exact) mass is 313 g/mol. The summed E-state index contributed by atoms with van der Waals surface area (Å²) < 4.78 is 45.4. The average molecular weight is 313 g/mol. The van der Waals surface area contributed by atoms with Crippen molar-refractivity contribution in [1.29, 1.82) is 5.26 Å². The third-order valence-corrected chi connectivity index (χ3v) is 5.63. The molecule has 1 aromatic carbocycles. The van der Waals surface area contributed by atoms with Gasteiger partial charge in [-0.2, -0.15) is 9.57 Å². The van der Waals surface area contributed by atoms with Crippen molar-refractivity contribution in [2.45, 2.75) is 24.8 Å². The molecule has 114 valence electrons. The Bertz CT molecular complexity index is 712. The highest BCUT2D eigenvalue weighted by atomic mass is 32.2. The number of hydrogen-bond acceptors (Lipinski definition) is 5. The third kappa shape index (κ3) is 2.72. The topological polar surface area (TPSA) is 96.4 Å². The van der Waals surface area contributed by atoms with E-state index >= 15 is 0 Å². The number of rotatable bonds is 2. The first kappa shape index (κ1) is 15.7. The minimum Gasteiger partial charge on any atom is -0.396 e. The molecule has 1 aliphatic rings. The van der Waals surface area contributed by atoms with Gasteiger partial charge in [-0.25, -0.2) is 12.8 Å². The Kier molecular flexibility index (Phi) is 4.18. The number of halogens is 1. The molecule has 0 aromatic heterocycles. The molecule has 21 heavy (non-hydrogen) atoms. The Morgan fingerprint density at radius 2 is 2.19 bits per heavy atom. The number of nitrogen functional groups attached to an aromatic ring is 1. The SMILES string of the molecule is Cc1cc(F)c(N)c(C)c1S(=O)(=O)N1CCOC(C#N)C1. The van der Waals surface area contributed by atoms with Gasteiger partial charge in [0, 0.05) is 6.54 Å². The first-order valence-electron chi connectivity index (χ1n) is 6.35. The predicted molar refractivity (Wildman–Crippen MR) is 74.4 cm³/mol. The highest BCUT2D eigenvalue weighted by molar-refractivity contribution is 7.89. The van der Waals surface area contributed by atoms with Crippen LogP contribution in [0.1, 0.15) is 11.1 Å². The van der Waals surface area contributed by atoms with Crippen molar-refractivity contribution in [3.05, 3.63) is 23.0 Å². The Balaban J connectivity index is 2.50. The highest BCUT2D eigenvalue weighted by Gasteiger charge is 2.33. The Morgan fingerprint density at radius 3 is 2.81 bits per heavy atom. The van der Waals surface area contributed by atoms with E-state index < -0.39 is 21.9 Å². The molecule has 0 aliphatic carbocycles. The van der Waals surface area contributed by atoms with Gasteiger partial charge >= 0.3 is 0 Å². The summed E-state index contributed by atoms with van der Waals surface area (Å²) in [7, 11) is -3.85. The summed E-state index contributed by atoms with van der Waals surface area (Å²) in [6.45, 7) is 3.24. The Labute approximate surface area is 123 Å². The van der Waals surface area contributed by atoms with Crippen molar-refractivity contribution in [3.8, 4) is 6.07 Å². The van der Waals surface area contributed by atoms with Gasteiger partial charge in [-0.05, 0) is 31.0 Å². The largest absolute Gasteiger partial charge is 0.396 e. The van der Waals surface area contributed by atoms with Crippen LogP contribution in [0, 0.1) is 31.0 Å². The fraction of sp³-hybridized carbons (Fsp3) is 0.462. The highest BCUT2D eigenvalue weighted by Crippen LogP contribution is 2.30. The van der Waals surface area contributed by atoms with E-state index in [4.69, 9.17) is 15.7 Å². The Hall–Kier alpha value is -1.69. The lowest BCUT2D eigenvalue weighted by molar-refractivity contribution is 0.0311. The Morgan fingerprint density at radius 1 is 1.52 bits per heavy atom. The molecule has 1 unspecified atom stereocenters. The van der Waals surface area contributed by atoms with Crippen molar-refractivity contribution in [2.75, 3.05) is 25.4 Å². The maximum absolute atomic E-state index is 13.6. The molecule has 8 heteroatoms. The molecule has 6 nitrogen and oxygen atoms in total. The average Bonchev–Trinajstić information content (AvgIpc) is 2.44. The van der Waals surface area contributed by atoms with Gasteiger partial charge in [-0.1, -0.05) is 0 Å². The van der Waals surface area contributed by atoms with E-state index in [9.17, 15) is 12.8 Å². The maximum Gasteiger partial charge on any atom is 0.243 e. The van der Waals surface area contributed by atoms with Gasteiger partial charge in [-0.15, -0.1) is 0 Å². The minimum absolute atomic E-state index is 0.00000945. The summed E-state index contributed by atoms with van der Waals surface area (Å²) in [6.07, 6.45) is -0.799. The van der Waals surface area contributed by atoms with Crippen LogP contribution in [0.15, 0.2) is 11.0 Å². The van der Waals surface area contributed by atoms with Crippen molar-refractivity contribution in [1.82, 2.24) is 4.31 Å². The van der Waals surface area contributed by atoms with Crippen LogP contribution in [0.25, 0.3) is 0 Å². The zero-order valence-electron chi connectivity index (χ0n) is 11.8. The molecular weight excluding hydrogens is 297 g/mol. The fourth-order valence-electron chi connectivity index (χ4n) is 2.38. The van der Waals surface area contributed by atoms with Crippen LogP contribution >= 0.6 is 0 Å². The van der Waals surface area contributed by atoms with Crippen LogP contribution in [0.4, 0.5) is 10.1 Å². The lowest BCUT2D eigenvalue weighted by Crippen LogP contribution is -2.45. The summed E-state index contributed by atoms with van der Waals surface area (Å²) in [6, 6.07) is 3.00. The molecule has 2 N–H and O–H groups in total. The summed E-state index contributed by atoms with van der Waals surface area (Å²) in [4.78, 5) is -0.00000945. The molecule has 2 rings (SSSR count). The lowest BCUT2D eigenvalue weighted by atomic mass is 10.1. The van der Waals surface area contributed by atoms with Crippen LogP contribution in [0.3, 0.4) is 0 Å². The number of nitrogens with two attached hydrogens (primary N) is 1. The molecule has 1 aliphatic heterocycles. The summed E-state index contributed by atoms with van der Waals surface area (Å²) in [5.74, 6) is -0.638. The molecule has 0 bridgehead atoms. The number of aryl methyl sites for hydroxylation is 1. The third-order valence-electron chi connectivity index (χ3n) is 3.47. The van der Waals surface area contributed by atoms with E-state index in [1.165, 1.54) is 18.2 Å².